The van der Waals surface area contributed by atoms with Crippen molar-refractivity contribution in [3.63, 3.8) is 0 Å². The molecule has 1 aromatic carbocycles. The van der Waals surface area contributed by atoms with Crippen molar-refractivity contribution in [2.45, 2.75) is 103 Å². The fraction of sp³-hybridized carbons (Fsp3) is 0.612. The van der Waals surface area contributed by atoms with Gasteiger partial charge in [-0.3, -0.25) is 4.79 Å². The normalized spacial score (nSPS) is 34.2. The highest BCUT2D eigenvalue weighted by atomic mass is 16.5. The summed E-state index contributed by atoms with van der Waals surface area (Å²) in [7, 11) is 3.66. The van der Waals surface area contributed by atoms with Crippen LogP contribution in [0.15, 0.2) is 95.2 Å². The van der Waals surface area contributed by atoms with Crippen LogP contribution >= 0.6 is 0 Å². The molecule has 4 bridgehead atoms. The van der Waals surface area contributed by atoms with Crippen molar-refractivity contribution in [2.75, 3.05) is 53.7 Å². The number of benzene rings is 1. The van der Waals surface area contributed by atoms with Crippen molar-refractivity contribution in [1.82, 2.24) is 10.6 Å². The van der Waals surface area contributed by atoms with Crippen LogP contribution in [0.3, 0.4) is 0 Å². The lowest BCUT2D eigenvalue weighted by Crippen LogP contribution is -2.65. The van der Waals surface area contributed by atoms with Crippen LogP contribution in [0, 0.1) is 35.0 Å². The molecule has 0 radical (unpaired) electrons. The van der Waals surface area contributed by atoms with Crippen LogP contribution < -0.4 is 10.6 Å². The van der Waals surface area contributed by atoms with Gasteiger partial charge in [-0.15, -0.1) is 0 Å². The first kappa shape index (κ1) is 45.1. The molecule has 57 heavy (non-hydrogen) atoms. The molecular formula is C49H72N2O6. The summed E-state index contributed by atoms with van der Waals surface area (Å²) >= 11 is 0. The van der Waals surface area contributed by atoms with Crippen LogP contribution in [-0.4, -0.2) is 92.5 Å². The smallest absolute Gasteiger partial charge is 0.145 e. The molecular weight excluding hydrogens is 713 g/mol. The molecule has 1 aliphatic heterocycles. The highest BCUT2D eigenvalue weighted by Crippen LogP contribution is 2.67. The fourth-order valence-corrected chi connectivity index (χ4v) is 10.8. The molecule has 1 heterocycles. The number of nitrogens with one attached hydrogen (secondary N) is 2. The van der Waals surface area contributed by atoms with E-state index in [0.29, 0.717) is 64.0 Å². The molecule has 4 aliphatic rings. The van der Waals surface area contributed by atoms with Gasteiger partial charge in [0.25, 0.3) is 0 Å². The Morgan fingerprint density at radius 3 is 2.70 bits per heavy atom. The summed E-state index contributed by atoms with van der Waals surface area (Å²) in [5, 5.41) is 43.0. The summed E-state index contributed by atoms with van der Waals surface area (Å²) in [4.78, 5) is 12.4. The molecule has 0 saturated heterocycles. The van der Waals surface area contributed by atoms with Crippen LogP contribution in [0.5, 0.6) is 0 Å². The van der Waals surface area contributed by atoms with Crippen molar-refractivity contribution in [3.8, 4) is 0 Å². The maximum Gasteiger partial charge on any atom is 0.145 e. The van der Waals surface area contributed by atoms with Gasteiger partial charge in [-0.1, -0.05) is 84.0 Å². The predicted molar refractivity (Wildman–Crippen MR) is 231 cm³/mol. The first-order valence-electron chi connectivity index (χ1n) is 21.5. The zero-order valence-corrected chi connectivity index (χ0v) is 35.7. The van der Waals surface area contributed by atoms with Crippen molar-refractivity contribution in [3.05, 3.63) is 106 Å². The standard InChI is InChI=1S/C49H72N2O6/c1-8-57-33-42(14-9-11-35(3)40-16-15-34(2)31-51-47(5,23-26-56-7)29-38-13-10-12-37(27-38)28-40)43-19-21-49(46(43)54)45-39(20-25-52)17-18-41(44(45)36(4)32-53)30-48(49,55)22-24-50-6/h9-15,17-18,27,32,39-41,43,45-46,50-52,54-55H,3,8,16,19-26,28-31,33H2,1-2,4-7H3. The van der Waals surface area contributed by atoms with Crippen LogP contribution in [0.2, 0.25) is 0 Å². The first-order chi connectivity index (χ1) is 27.4. The highest BCUT2D eigenvalue weighted by Gasteiger charge is 2.68. The third-order valence-corrected chi connectivity index (χ3v) is 14.0. The lowest BCUT2D eigenvalue weighted by Gasteiger charge is -2.61. The molecule has 9 atom stereocenters. The number of hydrogen-bond acceptors (Lipinski definition) is 8. The minimum Gasteiger partial charge on any atom is -0.396 e. The minimum atomic E-state index is -1.18. The number of carbonyl (C=O) groups excluding carboxylic acids is 1. The van der Waals surface area contributed by atoms with Gasteiger partial charge in [-0.2, -0.15) is 0 Å². The molecule has 5 rings (SSSR count). The predicted octanol–water partition coefficient (Wildman–Crippen LogP) is 7.02. The number of rotatable bonds is 16. The van der Waals surface area contributed by atoms with Gasteiger partial charge in [0.2, 0.25) is 0 Å². The second-order valence-electron chi connectivity index (χ2n) is 17.8. The molecule has 3 aliphatic carbocycles. The van der Waals surface area contributed by atoms with Crippen LogP contribution in [0.4, 0.5) is 0 Å². The Kier molecular flexibility index (Phi) is 16.1. The average molecular weight is 785 g/mol. The second kappa shape index (κ2) is 20.3. The van der Waals surface area contributed by atoms with Crippen molar-refractivity contribution in [1.29, 1.82) is 0 Å². The number of methoxy groups -OCH3 is 1. The maximum atomic E-state index is 12.9. The fourth-order valence-electron chi connectivity index (χ4n) is 10.8. The Balaban J connectivity index is 1.46. The van der Waals surface area contributed by atoms with Gasteiger partial charge >= 0.3 is 0 Å². The molecule has 0 amide bonds. The molecule has 8 nitrogen and oxygen atoms in total. The van der Waals surface area contributed by atoms with E-state index in [1.807, 2.05) is 20.9 Å². The van der Waals surface area contributed by atoms with E-state index in [9.17, 15) is 20.1 Å². The molecule has 2 saturated carbocycles. The van der Waals surface area contributed by atoms with E-state index in [4.69, 9.17) is 9.47 Å². The topological polar surface area (TPSA) is 120 Å². The van der Waals surface area contributed by atoms with E-state index in [1.54, 1.807) is 7.11 Å². The average Bonchev–Trinajstić information content (AvgIpc) is 3.54. The quantitative estimate of drug-likeness (QED) is 0.0526. The summed E-state index contributed by atoms with van der Waals surface area (Å²) in [5.41, 5.74) is 5.52. The van der Waals surface area contributed by atoms with Gasteiger partial charge in [0.05, 0.1) is 18.3 Å². The van der Waals surface area contributed by atoms with E-state index in [0.717, 1.165) is 55.2 Å². The van der Waals surface area contributed by atoms with E-state index in [1.165, 1.54) is 16.7 Å². The summed E-state index contributed by atoms with van der Waals surface area (Å²) in [5.74, 6) is -0.498. The van der Waals surface area contributed by atoms with Crippen molar-refractivity contribution >= 4 is 6.29 Å². The zero-order chi connectivity index (χ0) is 41.2. The molecule has 8 heteroatoms. The van der Waals surface area contributed by atoms with Gasteiger partial charge in [0.1, 0.15) is 6.29 Å². The van der Waals surface area contributed by atoms with Gasteiger partial charge in [0.15, 0.2) is 0 Å². The molecule has 0 aromatic heterocycles. The lowest BCUT2D eigenvalue weighted by atomic mass is 9.45. The van der Waals surface area contributed by atoms with Crippen LogP contribution in [0.25, 0.3) is 0 Å². The van der Waals surface area contributed by atoms with Crippen LogP contribution in [-0.2, 0) is 27.1 Å². The number of aldehydes is 1. The Hall–Kier alpha value is -2.95. The maximum absolute atomic E-state index is 12.9. The van der Waals surface area contributed by atoms with Crippen LogP contribution in [0.1, 0.15) is 83.8 Å². The number of ether oxygens (including phenoxy) is 2. The van der Waals surface area contributed by atoms with Gasteiger partial charge in [-0.05, 0) is 139 Å². The van der Waals surface area contributed by atoms with E-state index in [-0.39, 0.29) is 41.7 Å². The largest absolute Gasteiger partial charge is 0.396 e. The zero-order valence-electron chi connectivity index (χ0n) is 35.7. The highest BCUT2D eigenvalue weighted by molar-refractivity contribution is 5.74. The van der Waals surface area contributed by atoms with Gasteiger partial charge < -0.3 is 35.4 Å². The second-order valence-corrected chi connectivity index (χ2v) is 17.8. The Morgan fingerprint density at radius 1 is 1.19 bits per heavy atom. The Labute approximate surface area is 343 Å². The number of allylic oxidation sites excluding steroid dienone is 9. The number of hydrogen-bond donors (Lipinski definition) is 5. The SMILES string of the molecule is C=C(C=CC=C(COCC)C1CCC2(C1O)C1C(=C(C)C=O)C(C=CC1CCO)CC2(O)CCNC)C1CC=C(C)CNC(C)(CCOC)Cc2cccc(c2)C1. The van der Waals surface area contributed by atoms with E-state index >= 15 is 0 Å². The Bertz CT molecular complexity index is 1690. The number of aliphatic hydroxyl groups excluding tert-OH is 2. The Morgan fingerprint density at radius 2 is 1.98 bits per heavy atom. The summed E-state index contributed by atoms with van der Waals surface area (Å²) in [6.45, 7) is 16.0. The molecule has 1 aromatic rings. The molecule has 9 unspecified atom stereocenters. The number of fused-ring (bicyclic) bond motifs is 5. The number of aliphatic hydroxyl groups is 3. The minimum absolute atomic E-state index is 0.00862. The number of carbonyl (C=O) groups is 1. The molecule has 314 valence electrons. The third kappa shape index (κ3) is 10.1. The van der Waals surface area contributed by atoms with Gasteiger partial charge in [0, 0.05) is 56.3 Å². The molecule has 5 N–H and O–H groups in total. The van der Waals surface area contributed by atoms with Crippen molar-refractivity contribution in [2.24, 2.45) is 35.0 Å². The monoisotopic (exact) mass is 785 g/mol. The first-order valence-corrected chi connectivity index (χ1v) is 21.5. The lowest BCUT2D eigenvalue weighted by molar-refractivity contribution is -0.194. The van der Waals surface area contributed by atoms with E-state index in [2.05, 4.69) is 91.8 Å². The molecule has 1 spiro atoms. The summed E-state index contributed by atoms with van der Waals surface area (Å²) in [6.07, 6.45) is 19.3. The third-order valence-electron chi connectivity index (χ3n) is 14.0. The van der Waals surface area contributed by atoms with Crippen molar-refractivity contribution < 1.29 is 29.6 Å². The molecule has 2 fully saturated rings. The summed E-state index contributed by atoms with van der Waals surface area (Å²) < 4.78 is 11.5. The van der Waals surface area contributed by atoms with Gasteiger partial charge in [-0.25, -0.2) is 0 Å². The summed E-state index contributed by atoms with van der Waals surface area (Å²) in [6, 6.07) is 8.98. The van der Waals surface area contributed by atoms with E-state index < -0.39 is 17.1 Å².